The monoisotopic (exact) mass is 516 g/mol. The van der Waals surface area contributed by atoms with Crippen LogP contribution in [0.25, 0.3) is 0 Å². The molecule has 0 aliphatic heterocycles. The van der Waals surface area contributed by atoms with Crippen molar-refractivity contribution in [3.63, 3.8) is 0 Å². The number of rotatable bonds is 4. The van der Waals surface area contributed by atoms with Gasteiger partial charge in [-0.05, 0) is 72.2 Å². The topological polar surface area (TPSA) is 90.2 Å². The summed E-state index contributed by atoms with van der Waals surface area (Å²) in [4.78, 5) is 19.1. The lowest BCUT2D eigenvalue weighted by molar-refractivity contribution is 0.375. The van der Waals surface area contributed by atoms with E-state index in [-0.39, 0.29) is 10.8 Å². The van der Waals surface area contributed by atoms with Crippen LogP contribution in [0, 0.1) is 13.8 Å². The maximum absolute atomic E-state index is 10.3. The molecule has 0 radical (unpaired) electrons. The second-order valence-corrected chi connectivity index (χ2v) is 12.3. The molecule has 190 valence electrons. The Morgan fingerprint density at radius 2 is 1.09 bits per heavy atom. The summed E-state index contributed by atoms with van der Waals surface area (Å²) < 4.78 is 4.59. The van der Waals surface area contributed by atoms with Crippen molar-refractivity contribution in [1.82, 2.24) is 0 Å². The summed E-state index contributed by atoms with van der Waals surface area (Å²) in [6.07, 6.45) is 0. The Kier molecular flexibility index (Phi) is 9.66. The summed E-state index contributed by atoms with van der Waals surface area (Å²) in [5.74, 6) is 1.18. The van der Waals surface area contributed by atoms with E-state index in [9.17, 15) is 10.2 Å². The predicted octanol–water partition coefficient (Wildman–Crippen LogP) is 7.74. The molecule has 5 nitrogen and oxygen atoms in total. The molecule has 0 bridgehead atoms. The molecule has 0 aromatic heterocycles. The number of phenols is 2. The van der Waals surface area contributed by atoms with E-state index in [1.54, 1.807) is 36.0 Å². The molecule has 4 N–H and O–H groups in total. The minimum absolute atomic E-state index is 0.117. The molecule has 0 saturated heterocycles. The normalized spacial score (nSPS) is 11.7. The maximum Gasteiger partial charge on any atom is 0.391 e. The number of hydrogen-bond acceptors (Lipinski definition) is 6. The summed E-state index contributed by atoms with van der Waals surface area (Å²) in [6, 6.07) is 16.5. The zero-order valence-corrected chi connectivity index (χ0v) is 23.5. The number of aromatic hydroxyl groups is 2. The summed E-state index contributed by atoms with van der Waals surface area (Å²) in [6.45, 7) is 16.7. The van der Waals surface area contributed by atoms with Crippen LogP contribution >= 0.6 is 20.4 Å². The van der Waals surface area contributed by atoms with Crippen LogP contribution in [-0.2, 0) is 10.8 Å². The third-order valence-electron chi connectivity index (χ3n) is 5.35. The molecule has 0 atom stereocenters. The van der Waals surface area contributed by atoms with Gasteiger partial charge in [0.2, 0.25) is 0 Å². The van der Waals surface area contributed by atoms with Crippen LogP contribution in [0.2, 0.25) is 0 Å². The highest BCUT2D eigenvalue weighted by Gasteiger charge is 2.22. The van der Waals surface area contributed by atoms with Gasteiger partial charge < -0.3 is 24.5 Å². The minimum Gasteiger partial charge on any atom is -0.508 e. The third-order valence-corrected chi connectivity index (χ3v) is 7.05. The lowest BCUT2D eigenvalue weighted by Gasteiger charge is -2.24. The van der Waals surface area contributed by atoms with Gasteiger partial charge in [-0.2, -0.15) is 0 Å². The fraction of sp³-hybridized carbons (Fsp3) is 0.357. The van der Waals surface area contributed by atoms with Crippen LogP contribution in [0.3, 0.4) is 0 Å². The van der Waals surface area contributed by atoms with Crippen molar-refractivity contribution in [2.24, 2.45) is 0 Å². The smallest absolute Gasteiger partial charge is 0.391 e. The zero-order chi connectivity index (χ0) is 26.6. The van der Waals surface area contributed by atoms with E-state index in [0.29, 0.717) is 17.2 Å². The van der Waals surface area contributed by atoms with Gasteiger partial charge in [-0.25, -0.2) is 0 Å². The molecule has 7 heteroatoms. The molecule has 0 spiro atoms. The molecule has 35 heavy (non-hydrogen) atoms. The van der Waals surface area contributed by atoms with Crippen LogP contribution < -0.4 is 4.52 Å². The van der Waals surface area contributed by atoms with Gasteiger partial charge in [0.25, 0.3) is 0 Å². The van der Waals surface area contributed by atoms with Gasteiger partial charge in [-0.15, -0.1) is 0 Å². The molecule has 0 aliphatic rings. The van der Waals surface area contributed by atoms with E-state index in [4.69, 9.17) is 9.79 Å². The van der Waals surface area contributed by atoms with E-state index < -0.39 is 8.60 Å². The van der Waals surface area contributed by atoms with Gasteiger partial charge >= 0.3 is 8.60 Å². The number of hydrogen-bond donors (Lipinski definition) is 4. The van der Waals surface area contributed by atoms with Gasteiger partial charge in [0.15, 0.2) is 0 Å². The maximum atomic E-state index is 10.3. The van der Waals surface area contributed by atoms with Crippen molar-refractivity contribution < 1.29 is 24.5 Å². The van der Waals surface area contributed by atoms with Crippen molar-refractivity contribution in [2.45, 2.75) is 76.0 Å². The number of phenolic OH excluding ortho intramolecular Hbond substituents is 2. The van der Waals surface area contributed by atoms with E-state index in [0.717, 1.165) is 32.0 Å². The Bertz CT molecular complexity index is 1070. The Hall–Kier alpha value is -2.24. The second-order valence-electron chi connectivity index (χ2n) is 10.5. The molecular weight excluding hydrogens is 479 g/mol. The SMILES string of the molecule is Cc1cc(O)c(C(C)(C)C)cc1Sc1cc(C(C)(C)C)c(O)cc1C.OP(O)Oc1ccccc1. The van der Waals surface area contributed by atoms with E-state index in [2.05, 4.69) is 58.2 Å². The first-order valence-corrected chi connectivity index (χ1v) is 13.3. The highest BCUT2D eigenvalue weighted by atomic mass is 32.2. The summed E-state index contributed by atoms with van der Waals surface area (Å²) in [5.41, 5.74) is 3.78. The van der Waals surface area contributed by atoms with Gasteiger partial charge in [0.1, 0.15) is 17.2 Å². The Balaban J connectivity index is 0.000000360. The van der Waals surface area contributed by atoms with Gasteiger partial charge in [0.05, 0.1) is 0 Å². The Morgan fingerprint density at radius 3 is 1.43 bits per heavy atom. The highest BCUT2D eigenvalue weighted by molar-refractivity contribution is 7.99. The van der Waals surface area contributed by atoms with Crippen molar-refractivity contribution in [1.29, 1.82) is 0 Å². The zero-order valence-electron chi connectivity index (χ0n) is 21.7. The van der Waals surface area contributed by atoms with Crippen LogP contribution in [-0.4, -0.2) is 20.0 Å². The number of para-hydroxylation sites is 1. The molecule has 0 heterocycles. The van der Waals surface area contributed by atoms with E-state index >= 15 is 0 Å². The minimum atomic E-state index is -2.28. The molecular formula is C28H37O5PS. The Morgan fingerprint density at radius 1 is 0.686 bits per heavy atom. The lowest BCUT2D eigenvalue weighted by Crippen LogP contribution is -2.12. The van der Waals surface area contributed by atoms with Crippen molar-refractivity contribution in [2.75, 3.05) is 0 Å². The van der Waals surface area contributed by atoms with Gasteiger partial charge in [-0.1, -0.05) is 71.5 Å². The molecule has 0 aliphatic carbocycles. The fourth-order valence-electron chi connectivity index (χ4n) is 3.46. The first-order chi connectivity index (χ1) is 16.1. The Labute approximate surface area is 214 Å². The number of aryl methyl sites for hydroxylation is 2. The molecule has 0 amide bonds. The first kappa shape index (κ1) is 29.0. The van der Waals surface area contributed by atoms with Gasteiger partial charge in [0, 0.05) is 20.9 Å². The lowest BCUT2D eigenvalue weighted by atomic mass is 9.86. The average Bonchev–Trinajstić information content (AvgIpc) is 2.70. The van der Waals surface area contributed by atoms with Crippen LogP contribution in [0.4, 0.5) is 0 Å². The standard InChI is InChI=1S/C22H30O2S.C6H7O3P/c1-13-9-17(23)15(21(3,4)5)11-19(13)25-20-12-16(22(6,7)8)18(24)10-14(20)2;7-10(8)9-6-4-2-1-3-5-6/h9-12,23-24H,1-8H3;1-5,7-8H. The first-order valence-electron chi connectivity index (χ1n) is 11.4. The summed E-state index contributed by atoms with van der Waals surface area (Å²) >= 11 is 1.70. The summed E-state index contributed by atoms with van der Waals surface area (Å²) in [7, 11) is -2.28. The second kappa shape index (κ2) is 11.7. The quantitative estimate of drug-likeness (QED) is 0.265. The largest absolute Gasteiger partial charge is 0.508 e. The fourth-order valence-corrected chi connectivity index (χ4v) is 4.80. The van der Waals surface area contributed by atoms with Crippen LogP contribution in [0.5, 0.6) is 17.2 Å². The molecule has 0 unspecified atom stereocenters. The van der Waals surface area contributed by atoms with E-state index in [1.807, 2.05) is 32.0 Å². The third kappa shape index (κ3) is 8.43. The van der Waals surface area contributed by atoms with Crippen LogP contribution in [0.15, 0.2) is 64.4 Å². The van der Waals surface area contributed by atoms with Crippen molar-refractivity contribution in [3.05, 3.63) is 76.9 Å². The molecule has 0 saturated carbocycles. The molecule has 3 aromatic carbocycles. The summed E-state index contributed by atoms with van der Waals surface area (Å²) in [5, 5.41) is 20.6. The molecule has 3 aromatic rings. The number of benzene rings is 3. The van der Waals surface area contributed by atoms with Crippen LogP contribution in [0.1, 0.15) is 63.8 Å². The highest BCUT2D eigenvalue weighted by Crippen LogP contribution is 2.42. The van der Waals surface area contributed by atoms with Gasteiger partial charge in [-0.3, -0.25) is 0 Å². The molecule has 0 fully saturated rings. The molecule has 3 rings (SSSR count). The predicted molar refractivity (Wildman–Crippen MR) is 146 cm³/mol. The van der Waals surface area contributed by atoms with Crippen molar-refractivity contribution in [3.8, 4) is 17.2 Å². The average molecular weight is 517 g/mol. The van der Waals surface area contributed by atoms with Crippen molar-refractivity contribution >= 4 is 20.4 Å². The van der Waals surface area contributed by atoms with E-state index in [1.165, 1.54) is 0 Å².